The number of amides is 2. The van der Waals surface area contributed by atoms with Crippen molar-refractivity contribution in [3.8, 4) is 0 Å². The third-order valence-corrected chi connectivity index (χ3v) is 3.99. The molecule has 3 aromatic rings. The molecule has 2 aromatic heterocycles. The molecule has 0 saturated carbocycles. The molecule has 8 heteroatoms. The predicted octanol–water partition coefficient (Wildman–Crippen LogP) is 4.67. The Morgan fingerprint density at radius 3 is 2.78 bits per heavy atom. The van der Waals surface area contributed by atoms with Crippen molar-refractivity contribution in [2.75, 3.05) is 17.2 Å². The Bertz CT molecular complexity index is 984. The molecule has 0 aliphatic heterocycles. The molecule has 0 aliphatic rings. The number of halogens is 1. The molecule has 3 rings (SSSR count). The number of H-pyrrole nitrogens is 1. The minimum Gasteiger partial charge on any atom is -0.449 e. The number of carbonyl (C=O) groups excluding carboxylic acids is 2. The lowest BCUT2D eigenvalue weighted by Crippen LogP contribution is -2.17. The van der Waals surface area contributed by atoms with Crippen molar-refractivity contribution in [3.05, 3.63) is 53.3 Å². The highest BCUT2D eigenvalue weighted by molar-refractivity contribution is 6.34. The third-order valence-electron chi connectivity index (χ3n) is 3.66. The van der Waals surface area contributed by atoms with Crippen molar-refractivity contribution in [2.45, 2.75) is 13.8 Å². The van der Waals surface area contributed by atoms with Gasteiger partial charge in [0.15, 0.2) is 0 Å². The molecule has 3 N–H and O–H groups in total. The van der Waals surface area contributed by atoms with Crippen LogP contribution < -0.4 is 10.6 Å². The average molecular weight is 387 g/mol. The predicted molar refractivity (Wildman–Crippen MR) is 105 cm³/mol. The standard InChI is InChI=1S/C19H19ClN4O3/c1-11(2)10-27-19(26)24-13-3-4-16(20)15(8-13)18(25)23-14-7-12-5-6-21-17(12)22-9-14/h3-9,11H,10H2,1-2H3,(H,21,22)(H,23,25)(H,24,26). The van der Waals surface area contributed by atoms with Gasteiger partial charge in [-0.2, -0.15) is 0 Å². The van der Waals surface area contributed by atoms with Gasteiger partial charge >= 0.3 is 6.09 Å². The molecule has 0 atom stereocenters. The monoisotopic (exact) mass is 386 g/mol. The highest BCUT2D eigenvalue weighted by atomic mass is 35.5. The molecule has 0 fully saturated rings. The van der Waals surface area contributed by atoms with Crippen LogP contribution in [0.3, 0.4) is 0 Å². The number of fused-ring (bicyclic) bond motifs is 1. The first-order valence-corrected chi connectivity index (χ1v) is 8.78. The highest BCUT2D eigenvalue weighted by Crippen LogP contribution is 2.23. The first-order valence-electron chi connectivity index (χ1n) is 8.40. The van der Waals surface area contributed by atoms with Crippen molar-refractivity contribution < 1.29 is 14.3 Å². The molecular weight excluding hydrogens is 368 g/mol. The maximum absolute atomic E-state index is 12.6. The van der Waals surface area contributed by atoms with Crippen LogP contribution in [0.25, 0.3) is 11.0 Å². The molecular formula is C19H19ClN4O3. The first-order chi connectivity index (χ1) is 12.9. The highest BCUT2D eigenvalue weighted by Gasteiger charge is 2.14. The number of pyridine rings is 1. The summed E-state index contributed by atoms with van der Waals surface area (Å²) in [5, 5.41) is 6.49. The number of hydrogen-bond acceptors (Lipinski definition) is 4. The maximum Gasteiger partial charge on any atom is 0.411 e. The van der Waals surface area contributed by atoms with E-state index in [-0.39, 0.29) is 16.5 Å². The van der Waals surface area contributed by atoms with Gasteiger partial charge < -0.3 is 15.0 Å². The summed E-state index contributed by atoms with van der Waals surface area (Å²) >= 11 is 6.15. The zero-order chi connectivity index (χ0) is 19.4. The van der Waals surface area contributed by atoms with Crippen LogP contribution in [-0.4, -0.2) is 28.6 Å². The number of ether oxygens (including phenoxy) is 1. The molecule has 27 heavy (non-hydrogen) atoms. The van der Waals surface area contributed by atoms with Crippen molar-refractivity contribution in [1.29, 1.82) is 0 Å². The fraction of sp³-hybridized carbons (Fsp3) is 0.211. The lowest BCUT2D eigenvalue weighted by Gasteiger charge is -2.11. The second kappa shape index (κ2) is 8.09. The SMILES string of the molecule is CC(C)COC(=O)Nc1ccc(Cl)c(C(=O)Nc2cnc3[nH]ccc3c2)c1. The number of rotatable bonds is 5. The van der Waals surface area contributed by atoms with Crippen molar-refractivity contribution >= 4 is 46.0 Å². The fourth-order valence-electron chi connectivity index (χ4n) is 2.38. The number of hydrogen-bond donors (Lipinski definition) is 3. The number of nitrogens with zero attached hydrogens (tertiary/aromatic N) is 1. The summed E-state index contributed by atoms with van der Waals surface area (Å²) in [4.78, 5) is 31.6. The summed E-state index contributed by atoms with van der Waals surface area (Å²) in [5.41, 5.74) is 1.92. The summed E-state index contributed by atoms with van der Waals surface area (Å²) in [6.07, 6.45) is 2.74. The van der Waals surface area contributed by atoms with E-state index in [0.29, 0.717) is 18.0 Å². The van der Waals surface area contributed by atoms with Crippen LogP contribution >= 0.6 is 11.6 Å². The topological polar surface area (TPSA) is 96.1 Å². The molecule has 0 radical (unpaired) electrons. The fourth-order valence-corrected chi connectivity index (χ4v) is 2.58. The summed E-state index contributed by atoms with van der Waals surface area (Å²) in [6.45, 7) is 4.19. The molecule has 2 amide bonds. The van der Waals surface area contributed by atoms with E-state index in [0.717, 1.165) is 11.0 Å². The number of nitrogens with one attached hydrogen (secondary N) is 3. The molecule has 7 nitrogen and oxygen atoms in total. The maximum atomic E-state index is 12.6. The van der Waals surface area contributed by atoms with Crippen molar-refractivity contribution in [3.63, 3.8) is 0 Å². The van der Waals surface area contributed by atoms with E-state index < -0.39 is 12.0 Å². The van der Waals surface area contributed by atoms with Crippen molar-refractivity contribution in [2.24, 2.45) is 5.92 Å². The molecule has 2 heterocycles. The Morgan fingerprint density at radius 2 is 2.00 bits per heavy atom. The van der Waals surface area contributed by atoms with Crippen LogP contribution in [0.1, 0.15) is 24.2 Å². The Hall–Kier alpha value is -3.06. The first kappa shape index (κ1) is 18.7. The van der Waals surface area contributed by atoms with E-state index >= 15 is 0 Å². The Kier molecular flexibility index (Phi) is 5.61. The lowest BCUT2D eigenvalue weighted by molar-refractivity contribution is 0.102. The van der Waals surface area contributed by atoms with Gasteiger partial charge in [0, 0.05) is 17.3 Å². The Labute approximate surface area is 161 Å². The second-order valence-corrected chi connectivity index (χ2v) is 6.81. The van der Waals surface area contributed by atoms with Gasteiger partial charge in [-0.25, -0.2) is 9.78 Å². The number of carbonyl (C=O) groups is 2. The molecule has 0 spiro atoms. The zero-order valence-corrected chi connectivity index (χ0v) is 15.6. The summed E-state index contributed by atoms with van der Waals surface area (Å²) < 4.78 is 5.07. The van der Waals surface area contributed by atoms with E-state index in [1.807, 2.05) is 19.9 Å². The number of anilines is 2. The van der Waals surface area contributed by atoms with Crippen LogP contribution in [0, 0.1) is 5.92 Å². The second-order valence-electron chi connectivity index (χ2n) is 6.41. The van der Waals surface area contributed by atoms with E-state index in [1.165, 1.54) is 6.07 Å². The average Bonchev–Trinajstić information content (AvgIpc) is 3.09. The van der Waals surface area contributed by atoms with Gasteiger partial charge in [-0.1, -0.05) is 25.4 Å². The minimum absolute atomic E-state index is 0.229. The minimum atomic E-state index is -0.584. The summed E-state index contributed by atoms with van der Waals surface area (Å²) in [6, 6.07) is 8.30. The van der Waals surface area contributed by atoms with E-state index in [1.54, 1.807) is 30.6 Å². The van der Waals surface area contributed by atoms with Crippen molar-refractivity contribution in [1.82, 2.24) is 9.97 Å². The normalized spacial score (nSPS) is 10.8. The van der Waals surface area contributed by atoms with Gasteiger partial charge in [0.05, 0.1) is 29.1 Å². The van der Waals surface area contributed by atoms with E-state index in [4.69, 9.17) is 16.3 Å². The van der Waals surface area contributed by atoms with Gasteiger partial charge in [0.25, 0.3) is 5.91 Å². The summed E-state index contributed by atoms with van der Waals surface area (Å²) in [7, 11) is 0. The van der Waals surface area contributed by atoms with Gasteiger partial charge in [0.1, 0.15) is 5.65 Å². The van der Waals surface area contributed by atoms with Gasteiger partial charge in [-0.3, -0.25) is 10.1 Å². The number of aromatic nitrogens is 2. The third kappa shape index (κ3) is 4.77. The van der Waals surface area contributed by atoms with Gasteiger partial charge in [-0.15, -0.1) is 0 Å². The van der Waals surface area contributed by atoms with Crippen LogP contribution in [0.15, 0.2) is 42.7 Å². The molecule has 1 aromatic carbocycles. The number of aromatic amines is 1. The molecule has 0 saturated heterocycles. The van der Waals surface area contributed by atoms with Crippen LogP contribution in [0.4, 0.5) is 16.2 Å². The van der Waals surface area contributed by atoms with Gasteiger partial charge in [0.2, 0.25) is 0 Å². The molecule has 140 valence electrons. The van der Waals surface area contributed by atoms with Crippen LogP contribution in [0.2, 0.25) is 5.02 Å². The number of benzene rings is 1. The van der Waals surface area contributed by atoms with Crippen LogP contribution in [0.5, 0.6) is 0 Å². The smallest absolute Gasteiger partial charge is 0.411 e. The van der Waals surface area contributed by atoms with E-state index in [9.17, 15) is 9.59 Å². The molecule has 0 unspecified atom stereocenters. The Morgan fingerprint density at radius 1 is 1.19 bits per heavy atom. The molecule has 0 bridgehead atoms. The Balaban J connectivity index is 1.72. The molecule has 0 aliphatic carbocycles. The largest absolute Gasteiger partial charge is 0.449 e. The lowest BCUT2D eigenvalue weighted by atomic mass is 10.1. The van der Waals surface area contributed by atoms with Gasteiger partial charge in [-0.05, 0) is 36.2 Å². The van der Waals surface area contributed by atoms with Crippen LogP contribution in [-0.2, 0) is 4.74 Å². The van der Waals surface area contributed by atoms with E-state index in [2.05, 4.69) is 20.6 Å². The quantitative estimate of drug-likeness (QED) is 0.593. The zero-order valence-electron chi connectivity index (χ0n) is 14.9. The summed E-state index contributed by atoms with van der Waals surface area (Å²) in [5.74, 6) is -0.177.